The molecule has 1 aromatic carbocycles. The molecule has 0 aliphatic carbocycles. The van der Waals surface area contributed by atoms with Crippen LogP contribution in [-0.2, 0) is 16.0 Å². The van der Waals surface area contributed by atoms with E-state index in [1.165, 1.54) is 7.11 Å². The Morgan fingerprint density at radius 2 is 2.20 bits per heavy atom. The van der Waals surface area contributed by atoms with Gasteiger partial charge in [-0.05, 0) is 23.7 Å². The summed E-state index contributed by atoms with van der Waals surface area (Å²) in [4.78, 5) is 11.3. The maximum atomic E-state index is 11.3. The van der Waals surface area contributed by atoms with E-state index in [4.69, 9.17) is 5.26 Å². The second kappa shape index (κ2) is 6.10. The van der Waals surface area contributed by atoms with E-state index < -0.39 is 5.25 Å². The highest BCUT2D eigenvalue weighted by Crippen LogP contribution is 2.16. The van der Waals surface area contributed by atoms with Crippen molar-refractivity contribution in [3.8, 4) is 5.40 Å². The largest absolute Gasteiger partial charge is 0.468 e. The topological polar surface area (TPSA) is 50.1 Å². The summed E-state index contributed by atoms with van der Waals surface area (Å²) in [5.74, 6) is -0.356. The zero-order chi connectivity index (χ0) is 11.1. The van der Waals surface area contributed by atoms with Crippen LogP contribution in [0.4, 0.5) is 0 Å². The third-order valence-corrected chi connectivity index (χ3v) is 2.67. The predicted octanol–water partition coefficient (Wildman–Crippen LogP) is 1.98. The Labute approximate surface area is 93.0 Å². The zero-order valence-electron chi connectivity index (χ0n) is 8.34. The highest BCUT2D eigenvalue weighted by Gasteiger charge is 2.20. The van der Waals surface area contributed by atoms with Crippen LogP contribution in [0.1, 0.15) is 5.56 Å². The molecular weight excluding hydrogens is 210 g/mol. The first-order valence-corrected chi connectivity index (χ1v) is 5.32. The van der Waals surface area contributed by atoms with Crippen molar-refractivity contribution in [3.05, 3.63) is 35.9 Å². The van der Waals surface area contributed by atoms with Gasteiger partial charge in [0.1, 0.15) is 10.7 Å². The minimum Gasteiger partial charge on any atom is -0.468 e. The first kappa shape index (κ1) is 11.6. The van der Waals surface area contributed by atoms with Crippen LogP contribution in [0.3, 0.4) is 0 Å². The molecule has 0 bridgehead atoms. The fraction of sp³-hybridized carbons (Fsp3) is 0.273. The monoisotopic (exact) mass is 221 g/mol. The molecule has 1 atom stereocenters. The van der Waals surface area contributed by atoms with Crippen molar-refractivity contribution in [1.82, 2.24) is 0 Å². The highest BCUT2D eigenvalue weighted by molar-refractivity contribution is 8.04. The molecule has 0 aromatic heterocycles. The first-order valence-electron chi connectivity index (χ1n) is 4.44. The average Bonchev–Trinajstić information content (AvgIpc) is 2.29. The van der Waals surface area contributed by atoms with Crippen LogP contribution in [0.25, 0.3) is 0 Å². The van der Waals surface area contributed by atoms with E-state index in [-0.39, 0.29) is 5.97 Å². The third kappa shape index (κ3) is 3.64. The standard InChI is InChI=1S/C11H11NO2S/c1-14-11(13)10(15-8-12)7-9-5-3-2-4-6-9/h2-6,10H,7H2,1H3/t10-/m0/s1. The molecule has 4 heteroatoms. The number of ether oxygens (including phenoxy) is 1. The van der Waals surface area contributed by atoms with Gasteiger partial charge in [0.05, 0.1) is 7.11 Å². The van der Waals surface area contributed by atoms with Crippen LogP contribution < -0.4 is 0 Å². The minimum absolute atomic E-state index is 0.356. The molecule has 0 saturated carbocycles. The molecule has 0 aliphatic heterocycles. The van der Waals surface area contributed by atoms with Crippen molar-refractivity contribution in [2.24, 2.45) is 0 Å². The number of rotatable bonds is 4. The lowest BCUT2D eigenvalue weighted by Gasteiger charge is -2.09. The molecule has 78 valence electrons. The fourth-order valence-corrected chi connectivity index (χ4v) is 1.79. The van der Waals surface area contributed by atoms with E-state index >= 15 is 0 Å². The first-order chi connectivity index (χ1) is 7.27. The molecule has 1 aromatic rings. The number of nitrogens with zero attached hydrogens (tertiary/aromatic N) is 1. The van der Waals surface area contributed by atoms with Crippen molar-refractivity contribution in [3.63, 3.8) is 0 Å². The zero-order valence-corrected chi connectivity index (χ0v) is 9.16. The average molecular weight is 221 g/mol. The van der Waals surface area contributed by atoms with Gasteiger partial charge in [0, 0.05) is 0 Å². The molecule has 0 saturated heterocycles. The molecular formula is C11H11NO2S. The van der Waals surface area contributed by atoms with Gasteiger partial charge in [-0.1, -0.05) is 30.3 Å². The smallest absolute Gasteiger partial charge is 0.320 e. The molecule has 1 rings (SSSR count). The van der Waals surface area contributed by atoms with Crippen LogP contribution in [0.2, 0.25) is 0 Å². The number of methoxy groups -OCH3 is 1. The summed E-state index contributed by atoms with van der Waals surface area (Å²) >= 11 is 0.935. The molecule has 0 radical (unpaired) electrons. The molecule has 0 amide bonds. The van der Waals surface area contributed by atoms with Gasteiger partial charge < -0.3 is 4.74 Å². The van der Waals surface area contributed by atoms with Gasteiger partial charge >= 0.3 is 5.97 Å². The lowest BCUT2D eigenvalue weighted by Crippen LogP contribution is -2.20. The Morgan fingerprint density at radius 3 is 2.73 bits per heavy atom. The normalized spacial score (nSPS) is 11.5. The Bertz CT molecular complexity index is 359. The number of nitriles is 1. The van der Waals surface area contributed by atoms with E-state index in [9.17, 15) is 4.79 Å². The number of thioether (sulfide) groups is 1. The number of carbonyl (C=O) groups excluding carboxylic acids is 1. The second-order valence-corrected chi connectivity index (χ2v) is 3.90. The van der Waals surface area contributed by atoms with Gasteiger partial charge in [-0.25, -0.2) is 0 Å². The van der Waals surface area contributed by atoms with Gasteiger partial charge in [-0.15, -0.1) is 0 Å². The Morgan fingerprint density at radius 1 is 1.53 bits per heavy atom. The van der Waals surface area contributed by atoms with Crippen LogP contribution >= 0.6 is 11.8 Å². The van der Waals surface area contributed by atoms with Gasteiger partial charge in [0.15, 0.2) is 0 Å². The summed E-state index contributed by atoms with van der Waals surface area (Å²) in [5, 5.41) is 10.0. The molecule has 0 fully saturated rings. The fourth-order valence-electron chi connectivity index (χ4n) is 1.20. The summed E-state index contributed by atoms with van der Waals surface area (Å²) in [6.45, 7) is 0. The Kier molecular flexibility index (Phi) is 4.72. The third-order valence-electron chi connectivity index (χ3n) is 1.92. The number of hydrogen-bond acceptors (Lipinski definition) is 4. The van der Waals surface area contributed by atoms with Gasteiger partial charge in [0.25, 0.3) is 0 Å². The second-order valence-electron chi connectivity index (χ2n) is 2.91. The molecule has 0 unspecified atom stereocenters. The molecule has 15 heavy (non-hydrogen) atoms. The van der Waals surface area contributed by atoms with Gasteiger partial charge in [-0.2, -0.15) is 5.26 Å². The predicted molar refractivity (Wildman–Crippen MR) is 59.2 cm³/mol. The molecule has 0 aliphatic rings. The van der Waals surface area contributed by atoms with Crippen molar-refractivity contribution in [2.45, 2.75) is 11.7 Å². The molecule has 0 heterocycles. The van der Waals surface area contributed by atoms with Crippen LogP contribution in [0.5, 0.6) is 0 Å². The summed E-state index contributed by atoms with van der Waals surface area (Å²) in [5.41, 5.74) is 1.02. The van der Waals surface area contributed by atoms with Crippen LogP contribution in [0.15, 0.2) is 30.3 Å². The number of benzene rings is 1. The van der Waals surface area contributed by atoms with Crippen molar-refractivity contribution >= 4 is 17.7 Å². The SMILES string of the molecule is COC(=O)[C@H](Cc1ccccc1)SC#N. The summed E-state index contributed by atoms with van der Waals surface area (Å²) < 4.78 is 4.63. The Hall–Kier alpha value is -1.47. The van der Waals surface area contributed by atoms with E-state index in [0.29, 0.717) is 6.42 Å². The van der Waals surface area contributed by atoms with Crippen LogP contribution in [-0.4, -0.2) is 18.3 Å². The number of esters is 1. The summed E-state index contributed by atoms with van der Waals surface area (Å²) in [7, 11) is 1.33. The van der Waals surface area contributed by atoms with E-state index in [1.807, 2.05) is 35.7 Å². The molecule has 0 spiro atoms. The van der Waals surface area contributed by atoms with E-state index in [0.717, 1.165) is 17.3 Å². The van der Waals surface area contributed by atoms with E-state index in [2.05, 4.69) is 4.74 Å². The van der Waals surface area contributed by atoms with E-state index in [1.54, 1.807) is 0 Å². The van der Waals surface area contributed by atoms with Crippen molar-refractivity contribution < 1.29 is 9.53 Å². The molecule has 3 nitrogen and oxygen atoms in total. The van der Waals surface area contributed by atoms with Crippen molar-refractivity contribution in [2.75, 3.05) is 7.11 Å². The minimum atomic E-state index is -0.442. The quantitative estimate of drug-likeness (QED) is 0.576. The van der Waals surface area contributed by atoms with Gasteiger partial charge in [-0.3, -0.25) is 4.79 Å². The maximum Gasteiger partial charge on any atom is 0.320 e. The highest BCUT2D eigenvalue weighted by atomic mass is 32.2. The van der Waals surface area contributed by atoms with Crippen molar-refractivity contribution in [1.29, 1.82) is 5.26 Å². The van der Waals surface area contributed by atoms with Gasteiger partial charge in [0.2, 0.25) is 0 Å². The lowest BCUT2D eigenvalue weighted by molar-refractivity contribution is -0.139. The maximum absolute atomic E-state index is 11.3. The number of hydrogen-bond donors (Lipinski definition) is 0. The number of carbonyl (C=O) groups is 1. The lowest BCUT2D eigenvalue weighted by atomic mass is 10.1. The molecule has 0 N–H and O–H groups in total. The summed E-state index contributed by atoms with van der Waals surface area (Å²) in [6.07, 6.45) is 0.520. The Balaban J connectivity index is 2.68. The number of thiocyanates is 1. The summed E-state index contributed by atoms with van der Waals surface area (Å²) in [6, 6.07) is 9.57. The van der Waals surface area contributed by atoms with Crippen LogP contribution in [0, 0.1) is 10.7 Å².